The van der Waals surface area contributed by atoms with Crippen LogP contribution in [-0.4, -0.2) is 42.0 Å². The number of fused-ring (bicyclic) bond motifs is 1. The molecule has 31 heavy (non-hydrogen) atoms. The van der Waals surface area contributed by atoms with Gasteiger partial charge in [-0.3, -0.25) is 14.9 Å². The molecule has 4 aromatic rings. The summed E-state index contributed by atoms with van der Waals surface area (Å²) >= 11 is 0. The lowest BCUT2D eigenvalue weighted by Gasteiger charge is -2.06. The van der Waals surface area contributed by atoms with Crippen molar-refractivity contribution in [2.75, 3.05) is 5.73 Å². The third kappa shape index (κ3) is 3.87. The standard InChI is InChI=1S/C18H14N8O5/c19-17-16(23-31-24-17)18-21-12-3-1-2-4-13(12)25(18)9-15(28)22-20-8-10-7-11(26(29)30)5-6-14(10)27/h1-8,27H,9H2,(H2,19,24)(H,22,28). The first-order valence-corrected chi connectivity index (χ1v) is 8.77. The van der Waals surface area contributed by atoms with Crippen molar-refractivity contribution in [3.05, 3.63) is 58.1 Å². The van der Waals surface area contributed by atoms with Crippen molar-refractivity contribution >= 4 is 34.7 Å². The van der Waals surface area contributed by atoms with Crippen molar-refractivity contribution in [2.45, 2.75) is 6.54 Å². The van der Waals surface area contributed by atoms with Crippen LogP contribution in [0, 0.1) is 10.1 Å². The number of nitrogens with zero attached hydrogens (tertiary/aromatic N) is 6. The van der Waals surface area contributed by atoms with Gasteiger partial charge in [0.05, 0.1) is 22.2 Å². The highest BCUT2D eigenvalue weighted by molar-refractivity contribution is 5.87. The van der Waals surface area contributed by atoms with E-state index in [2.05, 4.69) is 30.5 Å². The second kappa shape index (κ2) is 7.90. The van der Waals surface area contributed by atoms with Crippen LogP contribution < -0.4 is 11.2 Å². The smallest absolute Gasteiger partial charge is 0.270 e. The molecule has 0 saturated carbocycles. The number of hydrazone groups is 1. The second-order valence-electron chi connectivity index (χ2n) is 6.30. The van der Waals surface area contributed by atoms with E-state index < -0.39 is 10.8 Å². The summed E-state index contributed by atoms with van der Waals surface area (Å²) in [6.45, 7) is -0.194. The van der Waals surface area contributed by atoms with Crippen molar-refractivity contribution in [2.24, 2.45) is 5.10 Å². The Balaban J connectivity index is 1.57. The fourth-order valence-corrected chi connectivity index (χ4v) is 2.88. The van der Waals surface area contributed by atoms with Crippen LogP contribution in [0.1, 0.15) is 5.56 Å². The van der Waals surface area contributed by atoms with E-state index in [4.69, 9.17) is 5.73 Å². The number of para-hydroxylation sites is 2. The molecule has 0 aliphatic rings. The maximum atomic E-state index is 12.5. The molecule has 13 heteroatoms. The number of nitrogens with two attached hydrogens (primary N) is 1. The number of imidazole rings is 1. The van der Waals surface area contributed by atoms with Gasteiger partial charge in [0.25, 0.3) is 11.6 Å². The van der Waals surface area contributed by atoms with Gasteiger partial charge in [0.1, 0.15) is 12.3 Å². The maximum Gasteiger partial charge on any atom is 0.270 e. The molecule has 13 nitrogen and oxygen atoms in total. The molecular weight excluding hydrogens is 408 g/mol. The lowest BCUT2D eigenvalue weighted by atomic mass is 10.2. The molecule has 156 valence electrons. The normalized spacial score (nSPS) is 11.2. The average Bonchev–Trinajstić information content (AvgIpc) is 3.32. The molecule has 0 aliphatic heterocycles. The summed E-state index contributed by atoms with van der Waals surface area (Å²) in [6, 6.07) is 10.6. The molecule has 2 heterocycles. The number of amides is 1. The third-order valence-corrected chi connectivity index (χ3v) is 4.30. The van der Waals surface area contributed by atoms with E-state index in [1.54, 1.807) is 28.8 Å². The topological polar surface area (TPSA) is 188 Å². The number of anilines is 1. The fourth-order valence-electron chi connectivity index (χ4n) is 2.88. The summed E-state index contributed by atoms with van der Waals surface area (Å²) in [6.07, 6.45) is 1.10. The van der Waals surface area contributed by atoms with E-state index in [9.17, 15) is 20.0 Å². The number of carbonyl (C=O) groups is 1. The number of aromatic hydroxyl groups is 1. The highest BCUT2D eigenvalue weighted by atomic mass is 16.6. The van der Waals surface area contributed by atoms with Crippen LogP contribution in [0.2, 0.25) is 0 Å². The van der Waals surface area contributed by atoms with E-state index in [0.29, 0.717) is 11.0 Å². The Kier molecular flexibility index (Phi) is 4.97. The lowest BCUT2D eigenvalue weighted by Crippen LogP contribution is -2.23. The molecular formula is C18H14N8O5. The van der Waals surface area contributed by atoms with E-state index in [1.165, 1.54) is 6.07 Å². The van der Waals surface area contributed by atoms with Gasteiger partial charge in [-0.2, -0.15) is 5.10 Å². The number of hydrogen-bond acceptors (Lipinski definition) is 10. The van der Waals surface area contributed by atoms with Crippen LogP contribution in [0.5, 0.6) is 5.75 Å². The Morgan fingerprint density at radius 3 is 2.87 bits per heavy atom. The van der Waals surface area contributed by atoms with E-state index in [1.807, 2.05) is 0 Å². The average molecular weight is 422 g/mol. The van der Waals surface area contributed by atoms with E-state index in [-0.39, 0.29) is 40.9 Å². The van der Waals surface area contributed by atoms with Crippen molar-refractivity contribution in [1.29, 1.82) is 0 Å². The molecule has 1 amide bonds. The zero-order valence-electron chi connectivity index (χ0n) is 15.7. The molecule has 2 aromatic carbocycles. The first kappa shape index (κ1) is 19.5. The van der Waals surface area contributed by atoms with Gasteiger partial charge in [-0.15, -0.1) is 0 Å². The number of phenols is 1. The Hall–Kier alpha value is -4.81. The second-order valence-corrected chi connectivity index (χ2v) is 6.30. The minimum Gasteiger partial charge on any atom is -0.507 e. The Morgan fingerprint density at radius 2 is 2.13 bits per heavy atom. The number of benzene rings is 2. The maximum absolute atomic E-state index is 12.5. The Bertz CT molecular complexity index is 1330. The van der Waals surface area contributed by atoms with Crippen LogP contribution in [0.4, 0.5) is 11.5 Å². The zero-order chi connectivity index (χ0) is 22.0. The molecule has 0 aliphatic carbocycles. The number of phenolic OH excluding ortho intramolecular Hbond substituents is 1. The monoisotopic (exact) mass is 422 g/mol. The molecule has 0 radical (unpaired) electrons. The summed E-state index contributed by atoms with van der Waals surface area (Å²) in [7, 11) is 0. The summed E-state index contributed by atoms with van der Waals surface area (Å²) < 4.78 is 6.20. The van der Waals surface area contributed by atoms with Crippen molar-refractivity contribution in [1.82, 2.24) is 25.3 Å². The molecule has 0 atom stereocenters. The van der Waals surface area contributed by atoms with Crippen LogP contribution in [0.15, 0.2) is 52.2 Å². The van der Waals surface area contributed by atoms with E-state index >= 15 is 0 Å². The van der Waals surface area contributed by atoms with Crippen LogP contribution in [0.25, 0.3) is 22.6 Å². The molecule has 2 aromatic heterocycles. The minimum atomic E-state index is -0.606. The zero-order valence-corrected chi connectivity index (χ0v) is 15.7. The highest BCUT2D eigenvalue weighted by Gasteiger charge is 2.20. The number of hydrogen-bond donors (Lipinski definition) is 3. The fraction of sp³-hybridized carbons (Fsp3) is 0.0556. The molecule has 4 rings (SSSR count). The highest BCUT2D eigenvalue weighted by Crippen LogP contribution is 2.26. The Morgan fingerprint density at radius 1 is 1.32 bits per heavy atom. The summed E-state index contributed by atoms with van der Waals surface area (Å²) in [5.41, 5.74) is 9.37. The predicted molar refractivity (Wildman–Crippen MR) is 108 cm³/mol. The number of rotatable bonds is 6. The largest absolute Gasteiger partial charge is 0.507 e. The first-order chi connectivity index (χ1) is 14.9. The number of nitro benzene ring substituents is 1. The predicted octanol–water partition coefficient (Wildman–Crippen LogP) is 1.43. The van der Waals surface area contributed by atoms with Gasteiger partial charge in [0.2, 0.25) is 0 Å². The number of nitro groups is 1. The Labute approximate surface area is 172 Å². The minimum absolute atomic E-state index is 0.0242. The SMILES string of the molecule is Nc1nonc1-c1nc2ccccc2n1CC(=O)NN=Cc1cc([N+](=O)[O-])ccc1O. The molecule has 0 spiro atoms. The number of nitrogens with one attached hydrogen (secondary N) is 1. The quantitative estimate of drug-likeness (QED) is 0.234. The van der Waals surface area contributed by atoms with Gasteiger partial charge < -0.3 is 15.4 Å². The number of nitrogen functional groups attached to an aromatic ring is 1. The lowest BCUT2D eigenvalue weighted by molar-refractivity contribution is -0.384. The van der Waals surface area contributed by atoms with Gasteiger partial charge in [-0.05, 0) is 28.5 Å². The number of aromatic nitrogens is 4. The van der Waals surface area contributed by atoms with Crippen molar-refractivity contribution in [3.8, 4) is 17.3 Å². The van der Waals surface area contributed by atoms with Gasteiger partial charge >= 0.3 is 0 Å². The molecule has 0 fully saturated rings. The van der Waals surface area contributed by atoms with Crippen LogP contribution >= 0.6 is 0 Å². The summed E-state index contributed by atoms with van der Waals surface area (Å²) in [5, 5.41) is 31.7. The molecule has 0 saturated heterocycles. The number of carbonyl (C=O) groups excluding carboxylic acids is 1. The van der Waals surface area contributed by atoms with Gasteiger partial charge in [-0.25, -0.2) is 15.0 Å². The summed E-state index contributed by atoms with van der Waals surface area (Å²) in [5.74, 6) is -0.437. The first-order valence-electron chi connectivity index (χ1n) is 8.77. The molecule has 4 N–H and O–H groups in total. The van der Waals surface area contributed by atoms with Gasteiger partial charge in [0, 0.05) is 17.7 Å². The molecule has 0 bridgehead atoms. The third-order valence-electron chi connectivity index (χ3n) is 4.30. The van der Waals surface area contributed by atoms with Gasteiger partial charge in [-0.1, -0.05) is 12.1 Å². The van der Waals surface area contributed by atoms with Crippen molar-refractivity contribution in [3.63, 3.8) is 0 Å². The van der Waals surface area contributed by atoms with Crippen molar-refractivity contribution < 1.29 is 19.5 Å². The number of non-ortho nitro benzene ring substituents is 1. The van der Waals surface area contributed by atoms with E-state index in [0.717, 1.165) is 18.3 Å². The van der Waals surface area contributed by atoms with Crippen LogP contribution in [-0.2, 0) is 11.3 Å². The van der Waals surface area contributed by atoms with Gasteiger partial charge in [0.15, 0.2) is 17.3 Å². The van der Waals surface area contributed by atoms with Crippen LogP contribution in [0.3, 0.4) is 0 Å². The summed E-state index contributed by atoms with van der Waals surface area (Å²) in [4.78, 5) is 27.2. The molecule has 0 unspecified atom stereocenters.